The molecule has 1 aliphatic rings. The number of hydrogen-bond acceptors (Lipinski definition) is 6. The Morgan fingerprint density at radius 3 is 2.09 bits per heavy atom. The summed E-state index contributed by atoms with van der Waals surface area (Å²) in [5.41, 5.74) is 0.532. The SMILES string of the molecule is Cc1cn([C@H]2C[C@H](CCO)[C@@H](C(COCc3ccccc3)O[Si](c3ccccc3)(c3ccccc3)C(C)(C)C)O2)c(=O)[nH]c1=O. The summed E-state index contributed by atoms with van der Waals surface area (Å²) >= 11 is 0. The number of nitrogens with one attached hydrogen (secondary N) is 1. The lowest BCUT2D eigenvalue weighted by Crippen LogP contribution is -2.69. The highest BCUT2D eigenvalue weighted by Crippen LogP contribution is 2.42. The Balaban J connectivity index is 1.59. The second kappa shape index (κ2) is 14.2. The number of aromatic amines is 1. The van der Waals surface area contributed by atoms with Crippen LogP contribution in [0.15, 0.2) is 107 Å². The van der Waals surface area contributed by atoms with Gasteiger partial charge in [0, 0.05) is 18.4 Å². The van der Waals surface area contributed by atoms with E-state index in [1.165, 1.54) is 4.57 Å². The number of aliphatic hydroxyl groups is 1. The van der Waals surface area contributed by atoms with Crippen molar-refractivity contribution in [1.82, 2.24) is 9.55 Å². The van der Waals surface area contributed by atoms with Crippen molar-refractivity contribution in [3.63, 3.8) is 0 Å². The standard InChI is InChI=1S/C36H44N2O6Si/c1-26-23-38(35(41)37-34(26)40)32-22-28(20-21-39)33(43-32)31(25-42-24-27-14-8-5-9-15-27)44-45(36(2,3)4,29-16-10-6-11-17-29)30-18-12-7-13-19-30/h5-19,23,28,31-33,39H,20-22,24-25H2,1-4H3,(H,37,40,41)/t28-,31?,32+,33-/m0/s1. The zero-order valence-corrected chi connectivity index (χ0v) is 27.5. The average molecular weight is 629 g/mol. The number of aromatic nitrogens is 2. The summed E-state index contributed by atoms with van der Waals surface area (Å²) in [5.74, 6) is -0.123. The Morgan fingerprint density at radius 2 is 1.53 bits per heavy atom. The highest BCUT2D eigenvalue weighted by atomic mass is 28.4. The Labute approximate surface area is 265 Å². The summed E-state index contributed by atoms with van der Waals surface area (Å²) in [7, 11) is -3.03. The molecule has 238 valence electrons. The van der Waals surface area contributed by atoms with Gasteiger partial charge in [-0.15, -0.1) is 0 Å². The molecule has 1 saturated heterocycles. The number of aliphatic hydroxyl groups excluding tert-OH is 1. The van der Waals surface area contributed by atoms with E-state index in [2.05, 4.69) is 74.3 Å². The maximum absolute atomic E-state index is 12.9. The van der Waals surface area contributed by atoms with Crippen LogP contribution in [0.4, 0.5) is 0 Å². The zero-order valence-electron chi connectivity index (χ0n) is 26.5. The Hall–Kier alpha value is -3.60. The van der Waals surface area contributed by atoms with Crippen LogP contribution in [0.2, 0.25) is 5.04 Å². The molecule has 1 aliphatic heterocycles. The maximum atomic E-state index is 12.9. The Morgan fingerprint density at radius 1 is 0.956 bits per heavy atom. The first-order valence-electron chi connectivity index (χ1n) is 15.6. The van der Waals surface area contributed by atoms with Gasteiger partial charge in [0.2, 0.25) is 0 Å². The molecule has 4 aromatic rings. The lowest BCUT2D eigenvalue weighted by atomic mass is 9.94. The van der Waals surface area contributed by atoms with Crippen LogP contribution in [0.1, 0.15) is 51.0 Å². The summed E-state index contributed by atoms with van der Waals surface area (Å²) in [6.45, 7) is 8.97. The molecule has 1 aromatic heterocycles. The smallest absolute Gasteiger partial charge is 0.330 e. The molecule has 0 saturated carbocycles. The molecule has 2 heterocycles. The molecule has 9 heteroatoms. The van der Waals surface area contributed by atoms with Crippen molar-refractivity contribution in [2.75, 3.05) is 13.2 Å². The summed E-state index contributed by atoms with van der Waals surface area (Å²) in [5, 5.41) is 12.1. The van der Waals surface area contributed by atoms with Crippen molar-refractivity contribution in [2.24, 2.45) is 5.92 Å². The minimum absolute atomic E-state index is 0.0341. The minimum atomic E-state index is -3.03. The van der Waals surface area contributed by atoms with Crippen molar-refractivity contribution in [1.29, 1.82) is 0 Å². The molecule has 2 N–H and O–H groups in total. The van der Waals surface area contributed by atoms with E-state index in [1.54, 1.807) is 13.1 Å². The van der Waals surface area contributed by atoms with Gasteiger partial charge in [0.05, 0.1) is 25.4 Å². The predicted octanol–water partition coefficient (Wildman–Crippen LogP) is 4.29. The molecule has 8 nitrogen and oxygen atoms in total. The number of aryl methyl sites for hydroxylation is 1. The third-order valence-corrected chi connectivity index (χ3v) is 13.8. The molecule has 1 fully saturated rings. The molecule has 0 spiro atoms. The summed E-state index contributed by atoms with van der Waals surface area (Å²) in [4.78, 5) is 27.4. The van der Waals surface area contributed by atoms with E-state index in [-0.39, 0.29) is 24.2 Å². The van der Waals surface area contributed by atoms with Crippen molar-refractivity contribution in [2.45, 2.75) is 70.6 Å². The molecule has 0 radical (unpaired) electrons. The molecule has 0 bridgehead atoms. The van der Waals surface area contributed by atoms with E-state index in [4.69, 9.17) is 13.9 Å². The van der Waals surface area contributed by atoms with Gasteiger partial charge in [0.1, 0.15) is 6.23 Å². The Kier molecular flexibility index (Phi) is 10.4. The normalized spacial score (nSPS) is 19.4. The molecular weight excluding hydrogens is 584 g/mol. The largest absolute Gasteiger partial charge is 0.399 e. The van der Waals surface area contributed by atoms with E-state index in [1.807, 2.05) is 42.5 Å². The highest BCUT2D eigenvalue weighted by Gasteiger charge is 2.54. The van der Waals surface area contributed by atoms with Gasteiger partial charge in [-0.05, 0) is 46.7 Å². The van der Waals surface area contributed by atoms with Crippen LogP contribution >= 0.6 is 0 Å². The number of ether oxygens (including phenoxy) is 2. The van der Waals surface area contributed by atoms with E-state index >= 15 is 0 Å². The monoisotopic (exact) mass is 628 g/mol. The van der Waals surface area contributed by atoms with Crippen LogP contribution in [0, 0.1) is 12.8 Å². The summed E-state index contributed by atoms with van der Waals surface area (Å²) in [6.07, 6.45) is 0.857. The Bertz CT molecular complexity index is 1600. The van der Waals surface area contributed by atoms with Crippen LogP contribution in [-0.4, -0.2) is 48.4 Å². The topological polar surface area (TPSA) is 103 Å². The first-order chi connectivity index (χ1) is 21.6. The van der Waals surface area contributed by atoms with Gasteiger partial charge >= 0.3 is 5.69 Å². The third kappa shape index (κ3) is 7.13. The second-order valence-corrected chi connectivity index (χ2v) is 17.1. The van der Waals surface area contributed by atoms with Crippen molar-refractivity contribution in [3.8, 4) is 0 Å². The first kappa shape index (κ1) is 32.8. The molecule has 4 atom stereocenters. The van der Waals surface area contributed by atoms with Crippen molar-refractivity contribution >= 4 is 18.7 Å². The quantitative estimate of drug-likeness (QED) is 0.227. The fraction of sp³-hybridized carbons (Fsp3) is 0.389. The first-order valence-corrected chi connectivity index (χ1v) is 17.5. The van der Waals surface area contributed by atoms with Crippen molar-refractivity contribution in [3.05, 3.63) is 129 Å². The molecule has 5 rings (SSSR count). The summed E-state index contributed by atoms with van der Waals surface area (Å²) < 4.78 is 22.2. The molecule has 1 unspecified atom stereocenters. The maximum Gasteiger partial charge on any atom is 0.330 e. The molecular formula is C36H44N2O6Si. The van der Waals surface area contributed by atoms with E-state index in [0.717, 1.165) is 15.9 Å². The number of benzene rings is 3. The van der Waals surface area contributed by atoms with Gasteiger partial charge in [0.15, 0.2) is 0 Å². The summed E-state index contributed by atoms with van der Waals surface area (Å²) in [6, 6.07) is 30.9. The van der Waals surface area contributed by atoms with Gasteiger partial charge in [0.25, 0.3) is 13.9 Å². The van der Waals surface area contributed by atoms with Gasteiger partial charge in [-0.25, -0.2) is 4.79 Å². The number of rotatable bonds is 12. The zero-order chi connectivity index (χ0) is 32.0. The lowest BCUT2D eigenvalue weighted by Gasteiger charge is -2.46. The number of hydrogen-bond donors (Lipinski definition) is 2. The van der Waals surface area contributed by atoms with Gasteiger partial charge in [-0.3, -0.25) is 14.3 Å². The van der Waals surface area contributed by atoms with Crippen molar-refractivity contribution < 1.29 is 19.0 Å². The number of nitrogens with zero attached hydrogens (tertiary/aromatic N) is 1. The molecule has 3 aromatic carbocycles. The van der Waals surface area contributed by atoms with Crippen LogP contribution in [0.3, 0.4) is 0 Å². The predicted molar refractivity (Wildman–Crippen MR) is 178 cm³/mol. The lowest BCUT2D eigenvalue weighted by molar-refractivity contribution is -0.0915. The molecule has 45 heavy (non-hydrogen) atoms. The molecule has 0 aliphatic carbocycles. The van der Waals surface area contributed by atoms with E-state index < -0.39 is 38.0 Å². The fourth-order valence-corrected chi connectivity index (χ4v) is 11.2. The van der Waals surface area contributed by atoms with Crippen LogP contribution < -0.4 is 21.6 Å². The molecule has 0 amide bonds. The number of H-pyrrole nitrogens is 1. The van der Waals surface area contributed by atoms with E-state index in [9.17, 15) is 14.7 Å². The van der Waals surface area contributed by atoms with Crippen LogP contribution in [-0.2, 0) is 20.5 Å². The average Bonchev–Trinajstić information content (AvgIpc) is 3.45. The fourth-order valence-electron chi connectivity index (χ4n) is 6.54. The van der Waals surface area contributed by atoms with E-state index in [0.29, 0.717) is 25.0 Å². The van der Waals surface area contributed by atoms with Crippen LogP contribution in [0.25, 0.3) is 0 Å². The van der Waals surface area contributed by atoms with Crippen LogP contribution in [0.5, 0.6) is 0 Å². The van der Waals surface area contributed by atoms with Gasteiger partial charge in [-0.1, -0.05) is 112 Å². The minimum Gasteiger partial charge on any atom is -0.399 e. The second-order valence-electron chi connectivity index (χ2n) is 12.9. The highest BCUT2D eigenvalue weighted by molar-refractivity contribution is 6.99. The van der Waals surface area contributed by atoms with Gasteiger partial charge < -0.3 is 19.0 Å². The third-order valence-electron chi connectivity index (χ3n) is 8.74. The van der Waals surface area contributed by atoms with Gasteiger partial charge in [-0.2, -0.15) is 0 Å².